The van der Waals surface area contributed by atoms with Crippen LogP contribution in [-0.4, -0.2) is 30.1 Å². The first-order valence-corrected chi connectivity index (χ1v) is 7.25. The van der Waals surface area contributed by atoms with Crippen molar-refractivity contribution in [1.82, 2.24) is 10.6 Å². The van der Waals surface area contributed by atoms with E-state index in [0.29, 0.717) is 24.9 Å². The zero-order chi connectivity index (χ0) is 15.0. The Morgan fingerprint density at radius 3 is 2.45 bits per heavy atom. The van der Waals surface area contributed by atoms with Crippen LogP contribution in [0.25, 0.3) is 0 Å². The number of hydrogen-bond donors (Lipinski definition) is 3. The van der Waals surface area contributed by atoms with Gasteiger partial charge >= 0.3 is 0 Å². The van der Waals surface area contributed by atoms with Crippen molar-refractivity contribution in [2.75, 3.05) is 13.1 Å². The van der Waals surface area contributed by atoms with E-state index in [4.69, 9.17) is 0 Å². The maximum Gasteiger partial charge on any atom is 0.221 e. The maximum atomic E-state index is 11.5. The molecule has 0 heterocycles. The summed E-state index contributed by atoms with van der Waals surface area (Å²) < 4.78 is 0. The number of amides is 1. The molecule has 1 rings (SSSR count). The van der Waals surface area contributed by atoms with Gasteiger partial charge < -0.3 is 15.7 Å². The number of carbonyl (C=O) groups is 1. The quantitative estimate of drug-likeness (QED) is 0.682. The van der Waals surface area contributed by atoms with Gasteiger partial charge in [0.05, 0.1) is 0 Å². The summed E-state index contributed by atoms with van der Waals surface area (Å²) in [5.74, 6) is 0.875. The van der Waals surface area contributed by atoms with Gasteiger partial charge in [0.1, 0.15) is 5.75 Å². The molecule has 0 aliphatic heterocycles. The number of carbonyl (C=O) groups excluding carboxylic acids is 1. The van der Waals surface area contributed by atoms with Crippen LogP contribution in [0.4, 0.5) is 0 Å². The molecule has 1 unspecified atom stereocenters. The molecule has 20 heavy (non-hydrogen) atoms. The van der Waals surface area contributed by atoms with Crippen LogP contribution in [0, 0.1) is 5.92 Å². The molecule has 0 radical (unpaired) electrons. The average molecular weight is 278 g/mol. The van der Waals surface area contributed by atoms with E-state index in [1.54, 1.807) is 12.1 Å². The molecule has 1 aromatic carbocycles. The van der Waals surface area contributed by atoms with Crippen LogP contribution >= 0.6 is 0 Å². The van der Waals surface area contributed by atoms with Gasteiger partial charge in [0.25, 0.3) is 0 Å². The van der Waals surface area contributed by atoms with Crippen molar-refractivity contribution in [2.45, 2.75) is 39.7 Å². The molecule has 4 nitrogen and oxygen atoms in total. The first-order valence-electron chi connectivity index (χ1n) is 7.25. The molecule has 0 aliphatic rings. The summed E-state index contributed by atoms with van der Waals surface area (Å²) in [6.45, 7) is 7.68. The lowest BCUT2D eigenvalue weighted by atomic mass is 10.1. The summed E-state index contributed by atoms with van der Waals surface area (Å²) in [5, 5.41) is 15.5. The Morgan fingerprint density at radius 1 is 1.20 bits per heavy atom. The summed E-state index contributed by atoms with van der Waals surface area (Å²) in [5.41, 5.74) is 1.17. The van der Waals surface area contributed by atoms with Gasteiger partial charge in [-0.2, -0.15) is 0 Å². The minimum Gasteiger partial charge on any atom is -0.508 e. The molecule has 3 N–H and O–H groups in total. The summed E-state index contributed by atoms with van der Waals surface area (Å²) in [6, 6.07) is 7.53. The monoisotopic (exact) mass is 278 g/mol. The van der Waals surface area contributed by atoms with E-state index in [-0.39, 0.29) is 11.7 Å². The van der Waals surface area contributed by atoms with Crippen molar-refractivity contribution in [2.24, 2.45) is 5.92 Å². The molecule has 1 atom stereocenters. The number of hydrogen-bond acceptors (Lipinski definition) is 3. The summed E-state index contributed by atoms with van der Waals surface area (Å²) in [4.78, 5) is 11.5. The van der Waals surface area contributed by atoms with Crippen LogP contribution < -0.4 is 10.6 Å². The fourth-order valence-corrected chi connectivity index (χ4v) is 1.90. The molecule has 0 aromatic heterocycles. The Balaban J connectivity index is 2.18. The van der Waals surface area contributed by atoms with Crippen molar-refractivity contribution >= 4 is 5.91 Å². The molecular weight excluding hydrogens is 252 g/mol. The van der Waals surface area contributed by atoms with Crippen molar-refractivity contribution in [3.05, 3.63) is 29.8 Å². The van der Waals surface area contributed by atoms with Crippen molar-refractivity contribution < 1.29 is 9.90 Å². The second-order valence-corrected chi connectivity index (χ2v) is 5.67. The van der Waals surface area contributed by atoms with Crippen LogP contribution in [0.3, 0.4) is 0 Å². The van der Waals surface area contributed by atoms with E-state index < -0.39 is 0 Å². The lowest BCUT2D eigenvalue weighted by molar-refractivity contribution is -0.121. The first kappa shape index (κ1) is 16.5. The topological polar surface area (TPSA) is 61.4 Å². The fourth-order valence-electron chi connectivity index (χ4n) is 1.90. The summed E-state index contributed by atoms with van der Waals surface area (Å²) >= 11 is 0. The molecule has 1 aromatic rings. The highest BCUT2D eigenvalue weighted by Gasteiger charge is 2.06. The molecule has 4 heteroatoms. The van der Waals surface area contributed by atoms with Gasteiger partial charge in [0.15, 0.2) is 0 Å². The van der Waals surface area contributed by atoms with Gasteiger partial charge in [0.2, 0.25) is 5.91 Å². The Morgan fingerprint density at radius 2 is 1.85 bits per heavy atom. The highest BCUT2D eigenvalue weighted by atomic mass is 16.3. The van der Waals surface area contributed by atoms with E-state index in [1.807, 2.05) is 12.1 Å². The predicted molar refractivity (Wildman–Crippen MR) is 81.7 cm³/mol. The zero-order valence-electron chi connectivity index (χ0n) is 12.6. The lowest BCUT2D eigenvalue weighted by Gasteiger charge is -2.14. The molecule has 0 saturated carbocycles. The normalized spacial score (nSPS) is 12.4. The number of aromatic hydroxyl groups is 1. The fraction of sp³-hybridized carbons (Fsp3) is 0.562. The number of phenols is 1. The van der Waals surface area contributed by atoms with Crippen LogP contribution in [0.2, 0.25) is 0 Å². The third-order valence-electron chi connectivity index (χ3n) is 3.03. The standard InChI is InChI=1S/C16H26N2O2/c1-12(2)11-18-16(20)8-9-17-13(3)10-14-4-6-15(19)7-5-14/h4-7,12-13,17,19H,8-11H2,1-3H3,(H,18,20). The van der Waals surface area contributed by atoms with Gasteiger partial charge in [-0.3, -0.25) is 4.79 Å². The van der Waals surface area contributed by atoms with Crippen molar-refractivity contribution in [3.8, 4) is 5.75 Å². The molecular formula is C16H26N2O2. The van der Waals surface area contributed by atoms with E-state index >= 15 is 0 Å². The molecule has 0 saturated heterocycles. The summed E-state index contributed by atoms with van der Waals surface area (Å²) in [7, 11) is 0. The smallest absolute Gasteiger partial charge is 0.221 e. The molecule has 1 amide bonds. The molecule has 0 fully saturated rings. The SMILES string of the molecule is CC(C)CNC(=O)CCNC(C)Cc1ccc(O)cc1. The van der Waals surface area contributed by atoms with Crippen LogP contribution in [0.5, 0.6) is 5.75 Å². The maximum absolute atomic E-state index is 11.5. The number of nitrogens with one attached hydrogen (secondary N) is 2. The molecule has 0 bridgehead atoms. The predicted octanol–water partition coefficient (Wildman–Crippen LogP) is 2.08. The average Bonchev–Trinajstić information content (AvgIpc) is 2.39. The highest BCUT2D eigenvalue weighted by molar-refractivity contribution is 5.76. The van der Waals surface area contributed by atoms with E-state index in [0.717, 1.165) is 13.0 Å². The largest absolute Gasteiger partial charge is 0.508 e. The second-order valence-electron chi connectivity index (χ2n) is 5.67. The Bertz CT molecular complexity index is 401. The van der Waals surface area contributed by atoms with Crippen LogP contribution in [0.1, 0.15) is 32.8 Å². The third-order valence-corrected chi connectivity index (χ3v) is 3.03. The highest BCUT2D eigenvalue weighted by Crippen LogP contribution is 2.11. The minimum atomic E-state index is 0.100. The van der Waals surface area contributed by atoms with Crippen LogP contribution in [0.15, 0.2) is 24.3 Å². The van der Waals surface area contributed by atoms with E-state index in [9.17, 15) is 9.90 Å². The van der Waals surface area contributed by atoms with Crippen molar-refractivity contribution in [1.29, 1.82) is 0 Å². The van der Waals surface area contributed by atoms with E-state index in [2.05, 4.69) is 31.4 Å². The van der Waals surface area contributed by atoms with Gasteiger partial charge in [-0.1, -0.05) is 26.0 Å². The van der Waals surface area contributed by atoms with E-state index in [1.165, 1.54) is 5.56 Å². The Labute approximate surface area is 121 Å². The van der Waals surface area contributed by atoms with Crippen molar-refractivity contribution in [3.63, 3.8) is 0 Å². The number of benzene rings is 1. The molecule has 0 spiro atoms. The third kappa shape index (κ3) is 7.14. The Hall–Kier alpha value is -1.55. The zero-order valence-corrected chi connectivity index (χ0v) is 12.6. The minimum absolute atomic E-state index is 0.100. The molecule has 112 valence electrons. The number of phenolic OH excluding ortho intramolecular Hbond substituents is 1. The Kier molecular flexibility index (Phi) is 7.09. The van der Waals surface area contributed by atoms with Gasteiger partial charge in [-0.25, -0.2) is 0 Å². The molecule has 0 aliphatic carbocycles. The second kappa shape index (κ2) is 8.59. The van der Waals surface area contributed by atoms with Gasteiger partial charge in [0, 0.05) is 25.6 Å². The first-order chi connectivity index (χ1) is 9.47. The van der Waals surface area contributed by atoms with Crippen LogP contribution in [-0.2, 0) is 11.2 Å². The summed E-state index contributed by atoms with van der Waals surface area (Å²) in [6.07, 6.45) is 1.39. The van der Waals surface area contributed by atoms with Gasteiger partial charge in [-0.15, -0.1) is 0 Å². The lowest BCUT2D eigenvalue weighted by Crippen LogP contribution is -2.34. The number of rotatable bonds is 8. The van der Waals surface area contributed by atoms with Gasteiger partial charge in [-0.05, 0) is 37.0 Å².